The van der Waals surface area contributed by atoms with Gasteiger partial charge in [0.15, 0.2) is 0 Å². The van der Waals surface area contributed by atoms with Crippen molar-refractivity contribution in [2.45, 2.75) is 117 Å². The van der Waals surface area contributed by atoms with Crippen molar-refractivity contribution >= 4 is 76.6 Å². The largest absolute Gasteiger partial charge is 0.497 e. The van der Waals surface area contributed by atoms with Crippen molar-refractivity contribution in [1.29, 1.82) is 0 Å². The van der Waals surface area contributed by atoms with Gasteiger partial charge in [0.1, 0.15) is 30.5 Å². The molecule has 0 spiro atoms. The number of carbonyl (C=O) groups is 6. The number of hydrogen-bond donors (Lipinski definition) is 2. The molecule has 84 heavy (non-hydrogen) atoms. The number of ether oxygens (including phenoxy) is 6. The van der Waals surface area contributed by atoms with Crippen molar-refractivity contribution in [1.82, 2.24) is 19.6 Å². The minimum Gasteiger partial charge on any atom is -0.497 e. The number of carbonyl (C=O) groups excluding carboxylic acids is 6. The van der Waals surface area contributed by atoms with E-state index in [1.807, 2.05) is 54.6 Å². The van der Waals surface area contributed by atoms with Crippen LogP contribution in [0.4, 0.5) is 21.0 Å². The fourth-order valence-electron chi connectivity index (χ4n) is 8.33. The summed E-state index contributed by atoms with van der Waals surface area (Å²) in [5, 5.41) is 26.0. The second-order valence-electron chi connectivity index (χ2n) is 22.9. The third-order valence-corrected chi connectivity index (χ3v) is 14.1. The number of nitrogens with zero attached hydrogens (tertiary/aromatic N) is 6. The van der Waals surface area contributed by atoms with Crippen LogP contribution in [0, 0.1) is 11.8 Å². The minimum absolute atomic E-state index is 0.00383. The molecule has 2 saturated heterocycles. The highest BCUT2D eigenvalue weighted by Crippen LogP contribution is 2.35. The summed E-state index contributed by atoms with van der Waals surface area (Å²) in [5.74, 6) is 0.399. The Labute approximate surface area is 500 Å². The van der Waals surface area contributed by atoms with Crippen LogP contribution >= 0.6 is 15.9 Å². The lowest BCUT2D eigenvalue weighted by molar-refractivity contribution is -0.121. The van der Waals surface area contributed by atoms with Crippen LogP contribution in [0.5, 0.6) is 11.5 Å². The van der Waals surface area contributed by atoms with E-state index in [0.717, 1.165) is 38.4 Å². The minimum atomic E-state index is -1.01. The van der Waals surface area contributed by atoms with Gasteiger partial charge in [-0.15, -0.1) is 0 Å². The molecule has 2 fully saturated rings. The fourth-order valence-corrected chi connectivity index (χ4v) is 8.74. The Balaban J connectivity index is 0.000000236. The Bertz CT molecular complexity index is 3270. The molecule has 4 aromatic carbocycles. The number of esters is 2. The third kappa shape index (κ3) is 18.9. The van der Waals surface area contributed by atoms with E-state index < -0.39 is 46.5 Å². The number of rotatable bonds is 12. The van der Waals surface area contributed by atoms with Crippen molar-refractivity contribution < 1.29 is 67.4 Å². The molecule has 0 saturated carbocycles. The fraction of sp³-hybridized carbons (Fsp3) is 0.419. The molecule has 0 aliphatic carbocycles. The predicted octanol–water partition coefficient (Wildman–Crippen LogP) is 9.55. The van der Waals surface area contributed by atoms with E-state index >= 15 is 0 Å². The standard InChI is InChI=1S/C28H31N3O6.C20H20BrNO4.C8H11BN2O2.C6H14O2/c1-28(2,3)37-27(34)31-17-20(16-29-31)23-10-9-21(15-24(23)26(33)36-5)30-12-11-19(25(30)32)13-18-7-6-8-22(14-18)35-4;1-25-16-5-3-4-13(11-16)10-14-8-9-22(19(14)23)15-6-7-18(21)17(12-15)20(24)26-2;1-8(2,3)13-7(12)11-5-6(9)4-10-11;1-5(2,7)6(3,4)8/h6-10,14-17,19H,11-13H2,1-5H3;3-7,11-12,14H,8-10H2,1-2H3;4-5H,1-3H3;7-8H,1-4H3. The highest BCUT2D eigenvalue weighted by Gasteiger charge is 2.35. The number of benzene rings is 4. The molecule has 2 unspecified atom stereocenters. The summed E-state index contributed by atoms with van der Waals surface area (Å²) in [6.45, 7) is 18.2. The summed E-state index contributed by atoms with van der Waals surface area (Å²) in [7, 11) is 11.3. The van der Waals surface area contributed by atoms with Crippen molar-refractivity contribution in [2.24, 2.45) is 11.8 Å². The average molecular weight is 1220 g/mol. The molecule has 8 rings (SSSR count). The first-order valence-electron chi connectivity index (χ1n) is 27.0. The van der Waals surface area contributed by atoms with Gasteiger partial charge in [-0.25, -0.2) is 19.2 Å². The molecule has 6 aromatic rings. The number of hydrogen-bond acceptors (Lipinski definition) is 16. The molecule has 2 aromatic heterocycles. The zero-order chi connectivity index (χ0) is 62.5. The molecule has 0 bridgehead atoms. The smallest absolute Gasteiger partial charge is 0.435 e. The normalized spacial score (nSPS) is 15.1. The van der Waals surface area contributed by atoms with Crippen LogP contribution in [0.3, 0.4) is 0 Å². The van der Waals surface area contributed by atoms with Gasteiger partial charge < -0.3 is 48.4 Å². The van der Waals surface area contributed by atoms with Gasteiger partial charge in [-0.1, -0.05) is 35.8 Å². The second kappa shape index (κ2) is 28.6. The number of methoxy groups -OCH3 is 4. The van der Waals surface area contributed by atoms with Crippen LogP contribution in [0.15, 0.2) is 114 Å². The van der Waals surface area contributed by atoms with Gasteiger partial charge in [0.2, 0.25) is 11.8 Å². The molecule has 20 nitrogen and oxygen atoms in total. The SMILES string of the molecule is CC(C)(O)C(C)(C)O.COC(=O)c1cc(N2CCC(Cc3cccc(OC)c3)C2=O)ccc1-c1cnn(C(=O)OC(C)(C)C)c1.COC(=O)c1cc(N2CCC(Cc3cccc(OC)c3)C2=O)ccc1Br.[B]c1cnn(C(=O)OC(C)(C)C)c1. The van der Waals surface area contributed by atoms with E-state index in [4.69, 9.17) is 46.5 Å². The van der Waals surface area contributed by atoms with E-state index in [0.29, 0.717) is 70.4 Å². The van der Waals surface area contributed by atoms with Crippen molar-refractivity contribution in [3.8, 4) is 22.6 Å². The molecule has 2 aliphatic rings. The quantitative estimate of drug-likeness (QED) is 0.0658. The highest BCUT2D eigenvalue weighted by molar-refractivity contribution is 9.10. The lowest BCUT2D eigenvalue weighted by Crippen LogP contribution is -2.44. The first kappa shape index (κ1) is 67.0. The molecule has 2 N–H and O–H groups in total. The van der Waals surface area contributed by atoms with Gasteiger partial charge >= 0.3 is 24.1 Å². The molecule has 2 atom stereocenters. The van der Waals surface area contributed by atoms with Crippen LogP contribution in [0.25, 0.3) is 11.1 Å². The number of aliphatic hydroxyl groups is 2. The molecule has 22 heteroatoms. The Morgan fingerprint density at radius 1 is 0.595 bits per heavy atom. The third-order valence-electron chi connectivity index (χ3n) is 13.4. The second-order valence-corrected chi connectivity index (χ2v) is 23.8. The number of halogens is 1. The Morgan fingerprint density at radius 3 is 1.44 bits per heavy atom. The van der Waals surface area contributed by atoms with Crippen molar-refractivity contribution in [3.05, 3.63) is 136 Å². The summed E-state index contributed by atoms with van der Waals surface area (Å²) in [4.78, 5) is 77.8. The van der Waals surface area contributed by atoms with Crippen LogP contribution in [0.1, 0.15) is 114 Å². The zero-order valence-electron chi connectivity index (χ0n) is 50.2. The van der Waals surface area contributed by atoms with Gasteiger partial charge in [-0.2, -0.15) is 19.6 Å². The molecule has 448 valence electrons. The van der Waals surface area contributed by atoms with Crippen molar-refractivity contribution in [2.75, 3.05) is 51.3 Å². The summed E-state index contributed by atoms with van der Waals surface area (Å²) in [5.41, 5.74) is 2.43. The maximum atomic E-state index is 13.3. The van der Waals surface area contributed by atoms with Crippen LogP contribution in [-0.4, -0.2) is 137 Å². The first-order valence-corrected chi connectivity index (χ1v) is 27.8. The van der Waals surface area contributed by atoms with Crippen molar-refractivity contribution in [3.63, 3.8) is 0 Å². The van der Waals surface area contributed by atoms with Gasteiger partial charge in [-0.05, 0) is 182 Å². The van der Waals surface area contributed by atoms with Gasteiger partial charge in [0.25, 0.3) is 0 Å². The van der Waals surface area contributed by atoms with Crippen LogP contribution in [0.2, 0.25) is 0 Å². The van der Waals surface area contributed by atoms with E-state index in [-0.39, 0.29) is 29.2 Å². The Kier molecular flexibility index (Phi) is 22.8. The average Bonchev–Trinajstić information content (AvgIpc) is 4.00. The predicted molar refractivity (Wildman–Crippen MR) is 322 cm³/mol. The molecule has 2 aliphatic heterocycles. The molecule has 2 amide bonds. The summed E-state index contributed by atoms with van der Waals surface area (Å²) < 4.78 is 33.6. The van der Waals surface area contributed by atoms with Gasteiger partial charge in [0, 0.05) is 64.9 Å². The van der Waals surface area contributed by atoms with Crippen LogP contribution in [-0.2, 0) is 41.4 Å². The van der Waals surface area contributed by atoms with E-state index in [9.17, 15) is 28.8 Å². The van der Waals surface area contributed by atoms with Crippen LogP contribution < -0.4 is 24.7 Å². The van der Waals surface area contributed by atoms with Gasteiger partial charge in [-0.3, -0.25) is 9.59 Å². The lowest BCUT2D eigenvalue weighted by Gasteiger charge is -2.31. The number of anilines is 2. The lowest BCUT2D eigenvalue weighted by atomic mass is 9.90. The maximum absolute atomic E-state index is 13.3. The molecule has 4 heterocycles. The maximum Gasteiger partial charge on any atom is 0.435 e. The highest BCUT2D eigenvalue weighted by atomic mass is 79.9. The zero-order valence-corrected chi connectivity index (χ0v) is 51.8. The number of amides is 2. The van der Waals surface area contributed by atoms with E-state index in [1.54, 1.807) is 124 Å². The summed E-state index contributed by atoms with van der Waals surface area (Å²) in [6.07, 6.45) is 7.40. The first-order chi connectivity index (χ1) is 39.3. The Morgan fingerprint density at radius 2 is 1.02 bits per heavy atom. The number of aromatic nitrogens is 4. The Hall–Kier alpha value is -7.82. The molecular weight excluding hydrogens is 1140 g/mol. The van der Waals surface area contributed by atoms with E-state index in [1.165, 1.54) is 39.0 Å². The van der Waals surface area contributed by atoms with Gasteiger partial charge in [0.05, 0.1) is 57.0 Å². The molecule has 2 radical (unpaired) electrons. The monoisotopic (exact) mass is 1220 g/mol. The molecular formula is C62H76BBrN6O14. The van der Waals surface area contributed by atoms with E-state index in [2.05, 4.69) is 26.1 Å². The topological polar surface area (TPSA) is 240 Å². The summed E-state index contributed by atoms with van der Waals surface area (Å²) in [6, 6.07) is 26.0. The summed E-state index contributed by atoms with van der Waals surface area (Å²) >= 11 is 3.35.